The number of rotatable bonds is 7. The van der Waals surface area contributed by atoms with Gasteiger partial charge in [-0.1, -0.05) is 33.1 Å². The van der Waals surface area contributed by atoms with E-state index in [1.54, 1.807) is 0 Å². The van der Waals surface area contributed by atoms with Gasteiger partial charge in [-0.05, 0) is 12.8 Å². The standard InChI is InChI=1S/C14H22N6O/c1-3-5-6-7-9-13-17-12(8-4-2)18-20(13)14(21)19-11-15-10-16-19/h10-11H,3-9H2,1-2H3. The Morgan fingerprint density at radius 2 is 2.00 bits per heavy atom. The molecule has 2 aromatic rings. The first-order chi connectivity index (χ1) is 10.3. The molecule has 7 nitrogen and oxygen atoms in total. The first kappa shape index (κ1) is 15.3. The molecule has 0 saturated carbocycles. The highest BCUT2D eigenvalue weighted by molar-refractivity contribution is 5.77. The topological polar surface area (TPSA) is 78.5 Å². The number of hydrogen-bond donors (Lipinski definition) is 0. The Labute approximate surface area is 124 Å². The molecule has 0 atom stereocenters. The third-order valence-corrected chi connectivity index (χ3v) is 3.24. The third kappa shape index (κ3) is 3.96. The molecule has 2 rings (SSSR count). The van der Waals surface area contributed by atoms with E-state index in [4.69, 9.17) is 0 Å². The van der Waals surface area contributed by atoms with Gasteiger partial charge in [0.1, 0.15) is 18.5 Å². The molecule has 0 spiro atoms. The highest BCUT2D eigenvalue weighted by Crippen LogP contribution is 2.09. The summed E-state index contributed by atoms with van der Waals surface area (Å²) in [6.07, 6.45) is 9.76. The van der Waals surface area contributed by atoms with Crippen molar-refractivity contribution in [3.8, 4) is 0 Å². The third-order valence-electron chi connectivity index (χ3n) is 3.24. The number of carbonyl (C=O) groups excluding carboxylic acids is 1. The molecule has 0 amide bonds. The van der Waals surface area contributed by atoms with Gasteiger partial charge >= 0.3 is 6.03 Å². The minimum atomic E-state index is -0.326. The van der Waals surface area contributed by atoms with Crippen LogP contribution in [0.5, 0.6) is 0 Å². The van der Waals surface area contributed by atoms with Gasteiger partial charge in [0.05, 0.1) is 0 Å². The van der Waals surface area contributed by atoms with Crippen molar-refractivity contribution in [1.29, 1.82) is 0 Å². The lowest BCUT2D eigenvalue weighted by Gasteiger charge is -2.03. The molecule has 0 fully saturated rings. The zero-order valence-corrected chi connectivity index (χ0v) is 12.7. The van der Waals surface area contributed by atoms with Gasteiger partial charge in [-0.3, -0.25) is 0 Å². The Hall–Kier alpha value is -2.05. The lowest BCUT2D eigenvalue weighted by atomic mass is 10.1. The highest BCUT2D eigenvalue weighted by atomic mass is 16.2. The summed E-state index contributed by atoms with van der Waals surface area (Å²) in [5, 5.41) is 8.19. The van der Waals surface area contributed by atoms with Crippen LogP contribution in [0.4, 0.5) is 4.79 Å². The summed E-state index contributed by atoms with van der Waals surface area (Å²) in [5.74, 6) is 1.44. The van der Waals surface area contributed by atoms with E-state index >= 15 is 0 Å². The van der Waals surface area contributed by atoms with Crippen molar-refractivity contribution in [3.05, 3.63) is 24.3 Å². The van der Waals surface area contributed by atoms with Crippen molar-refractivity contribution in [1.82, 2.24) is 29.5 Å². The van der Waals surface area contributed by atoms with Gasteiger partial charge in [0.2, 0.25) is 0 Å². The van der Waals surface area contributed by atoms with Crippen LogP contribution in [0.3, 0.4) is 0 Å². The molecule has 0 aliphatic rings. The fourth-order valence-corrected chi connectivity index (χ4v) is 2.15. The van der Waals surface area contributed by atoms with Gasteiger partial charge in [-0.2, -0.15) is 14.5 Å². The van der Waals surface area contributed by atoms with E-state index in [2.05, 4.69) is 34.0 Å². The largest absolute Gasteiger partial charge is 0.372 e. The van der Waals surface area contributed by atoms with Crippen molar-refractivity contribution >= 4 is 6.03 Å². The highest BCUT2D eigenvalue weighted by Gasteiger charge is 2.17. The second-order valence-corrected chi connectivity index (χ2v) is 5.04. The van der Waals surface area contributed by atoms with Crippen molar-refractivity contribution < 1.29 is 4.79 Å². The number of carbonyl (C=O) groups is 1. The van der Waals surface area contributed by atoms with Crippen LogP contribution in [-0.2, 0) is 12.8 Å². The first-order valence-corrected chi connectivity index (χ1v) is 7.60. The molecule has 0 bridgehead atoms. The molecule has 0 aliphatic carbocycles. The van der Waals surface area contributed by atoms with Crippen molar-refractivity contribution in [2.24, 2.45) is 0 Å². The van der Waals surface area contributed by atoms with Crippen LogP contribution in [0.1, 0.15) is 57.6 Å². The minimum absolute atomic E-state index is 0.326. The van der Waals surface area contributed by atoms with E-state index < -0.39 is 0 Å². The molecule has 0 aliphatic heterocycles. The fourth-order valence-electron chi connectivity index (χ4n) is 2.15. The van der Waals surface area contributed by atoms with E-state index in [0.717, 1.165) is 43.8 Å². The summed E-state index contributed by atoms with van der Waals surface area (Å²) < 4.78 is 2.55. The molecule has 0 unspecified atom stereocenters. The predicted molar refractivity (Wildman–Crippen MR) is 78.1 cm³/mol. The van der Waals surface area contributed by atoms with Crippen molar-refractivity contribution in [2.45, 2.75) is 58.8 Å². The van der Waals surface area contributed by atoms with E-state index in [1.807, 2.05) is 0 Å². The predicted octanol–water partition coefficient (Wildman–Crippen LogP) is 2.46. The van der Waals surface area contributed by atoms with E-state index in [1.165, 1.54) is 34.9 Å². The number of hydrogen-bond acceptors (Lipinski definition) is 5. The summed E-state index contributed by atoms with van der Waals surface area (Å²) in [6.45, 7) is 4.25. The maximum atomic E-state index is 12.4. The zero-order chi connectivity index (χ0) is 15.1. The Balaban J connectivity index is 2.15. The van der Waals surface area contributed by atoms with Crippen LogP contribution in [-0.4, -0.2) is 35.6 Å². The monoisotopic (exact) mass is 290 g/mol. The van der Waals surface area contributed by atoms with E-state index in [9.17, 15) is 4.79 Å². The van der Waals surface area contributed by atoms with Crippen LogP contribution in [0, 0.1) is 0 Å². The fraction of sp³-hybridized carbons (Fsp3) is 0.643. The molecule has 7 heteroatoms. The quantitative estimate of drug-likeness (QED) is 0.732. The second kappa shape index (κ2) is 7.66. The Kier molecular flexibility index (Phi) is 5.59. The number of unbranched alkanes of at least 4 members (excludes halogenated alkanes) is 3. The van der Waals surface area contributed by atoms with Gasteiger partial charge in [-0.25, -0.2) is 14.8 Å². The maximum Gasteiger partial charge on any atom is 0.372 e. The molecule has 21 heavy (non-hydrogen) atoms. The Morgan fingerprint density at radius 3 is 2.67 bits per heavy atom. The average molecular weight is 290 g/mol. The normalized spacial score (nSPS) is 11.0. The lowest BCUT2D eigenvalue weighted by molar-refractivity contribution is 0.237. The summed E-state index contributed by atoms with van der Waals surface area (Å²) >= 11 is 0. The Bertz CT molecular complexity index is 560. The van der Waals surface area contributed by atoms with Crippen molar-refractivity contribution in [2.75, 3.05) is 0 Å². The molecule has 114 valence electrons. The number of nitrogens with zero attached hydrogens (tertiary/aromatic N) is 6. The van der Waals surface area contributed by atoms with E-state index in [-0.39, 0.29) is 6.03 Å². The first-order valence-electron chi connectivity index (χ1n) is 7.60. The van der Waals surface area contributed by atoms with Crippen molar-refractivity contribution in [3.63, 3.8) is 0 Å². The van der Waals surface area contributed by atoms with E-state index in [0.29, 0.717) is 0 Å². The number of aryl methyl sites for hydroxylation is 2. The molecule has 2 heterocycles. The van der Waals surface area contributed by atoms with Gasteiger partial charge < -0.3 is 0 Å². The summed E-state index contributed by atoms with van der Waals surface area (Å²) in [5.41, 5.74) is 0. The molecule has 0 N–H and O–H groups in total. The second-order valence-electron chi connectivity index (χ2n) is 5.04. The Morgan fingerprint density at radius 1 is 1.14 bits per heavy atom. The summed E-state index contributed by atoms with van der Waals surface area (Å²) in [6, 6.07) is -0.326. The minimum Gasteiger partial charge on any atom is -0.243 e. The van der Waals surface area contributed by atoms with Crippen LogP contribution in [0.15, 0.2) is 12.7 Å². The van der Waals surface area contributed by atoms with Gasteiger partial charge in [-0.15, -0.1) is 5.10 Å². The molecule has 0 radical (unpaired) electrons. The van der Waals surface area contributed by atoms with Crippen LogP contribution in [0.25, 0.3) is 0 Å². The van der Waals surface area contributed by atoms with Gasteiger partial charge in [0, 0.05) is 12.8 Å². The molecule has 0 saturated heterocycles. The molecule has 2 aromatic heterocycles. The summed E-state index contributed by atoms with van der Waals surface area (Å²) in [7, 11) is 0. The average Bonchev–Trinajstić information content (AvgIpc) is 3.13. The van der Waals surface area contributed by atoms with Crippen LogP contribution < -0.4 is 0 Å². The molecular weight excluding hydrogens is 268 g/mol. The van der Waals surface area contributed by atoms with Crippen LogP contribution >= 0.6 is 0 Å². The molecule has 0 aromatic carbocycles. The van der Waals surface area contributed by atoms with Crippen LogP contribution in [0.2, 0.25) is 0 Å². The lowest BCUT2D eigenvalue weighted by Crippen LogP contribution is -2.23. The van der Waals surface area contributed by atoms with Gasteiger partial charge in [0.25, 0.3) is 0 Å². The zero-order valence-electron chi connectivity index (χ0n) is 12.7. The smallest absolute Gasteiger partial charge is 0.243 e. The maximum absolute atomic E-state index is 12.4. The molecular formula is C14H22N6O. The SMILES string of the molecule is CCCCCCc1nc(CCC)nn1C(=O)n1cncn1. The summed E-state index contributed by atoms with van der Waals surface area (Å²) in [4.78, 5) is 20.7. The van der Waals surface area contributed by atoms with Gasteiger partial charge in [0.15, 0.2) is 5.82 Å². The number of aromatic nitrogens is 6.